The molecule has 0 spiro atoms. The number of aliphatic hydroxyl groups is 3. The van der Waals surface area contributed by atoms with E-state index < -0.39 is 118 Å². The number of hydrogen-bond acceptors (Lipinski definition) is 24. The van der Waals surface area contributed by atoms with E-state index in [0.29, 0.717) is 26.0 Å². The molecule has 0 aromatic heterocycles. The zero-order chi connectivity index (χ0) is 78.3. The lowest BCUT2D eigenvalue weighted by Crippen LogP contribution is -2.58. The lowest BCUT2D eigenvalue weighted by molar-refractivity contribution is -0.184. The average molecular weight is 1470 g/mol. The standard InChI is InChI=1S/C70H128N8O24/c1-46(36-100-61(94-18)58(50(85)33-79)75-47(2)82)23-22-29-71-54(89)26-30-97-43-70(78-57(92)25-21-24-53(88)72-37-64(5,6)67(11,12)40-93-17,44-98-31-27-55(90)73-38-65(7,8)68(13,14)41-101-62(95-19)59(51(86)34-80)76-48(3)83)45-99-32-28-56(91)74-39-66(9,10)69(15,16)42-102-63(96-20)60(52(87)35-81)77-49(4)84/h33-35,46,50-52,58-63,85-87H,21-32,36-45H2,1-20H3,(H,71,89)(H,72,88)(H,73,90)(H,74,91)(H,75,82)(H,76,83)(H,77,84)(H,78,92)/t46?,50-,51-,52-,58?,59?,60?,61?,62?,63?,70?/m1/s1. The van der Waals surface area contributed by atoms with Gasteiger partial charge in [0.05, 0.1) is 66.1 Å². The Morgan fingerprint density at radius 2 is 0.716 bits per heavy atom. The first-order valence-electron chi connectivity index (χ1n) is 34.7. The number of ether oxygens (including phenoxy) is 10. The Morgan fingerprint density at radius 3 is 1.04 bits per heavy atom. The minimum absolute atomic E-state index is 0.00837. The van der Waals surface area contributed by atoms with Crippen LogP contribution in [-0.2, 0) is 100 Å². The molecule has 32 nitrogen and oxygen atoms in total. The second-order valence-corrected chi connectivity index (χ2v) is 30.1. The second kappa shape index (κ2) is 47.7. The van der Waals surface area contributed by atoms with E-state index in [1.54, 1.807) is 7.11 Å². The van der Waals surface area contributed by atoms with Gasteiger partial charge >= 0.3 is 0 Å². The van der Waals surface area contributed by atoms with Crippen LogP contribution in [0.4, 0.5) is 0 Å². The predicted octanol–water partition coefficient (Wildman–Crippen LogP) is 1.08. The van der Waals surface area contributed by atoms with E-state index in [-0.39, 0.29) is 165 Å². The molecule has 32 heteroatoms. The quantitative estimate of drug-likeness (QED) is 0.0230. The van der Waals surface area contributed by atoms with Crippen molar-refractivity contribution in [3.63, 3.8) is 0 Å². The van der Waals surface area contributed by atoms with Crippen molar-refractivity contribution >= 4 is 66.1 Å². The van der Waals surface area contributed by atoms with Crippen molar-refractivity contribution in [1.29, 1.82) is 0 Å². The molecule has 8 amide bonds. The molecule has 592 valence electrons. The zero-order valence-corrected chi connectivity index (χ0v) is 64.5. The van der Waals surface area contributed by atoms with Crippen LogP contribution in [0.1, 0.15) is 162 Å². The van der Waals surface area contributed by atoms with Gasteiger partial charge in [-0.05, 0) is 57.7 Å². The van der Waals surface area contributed by atoms with Crippen molar-refractivity contribution in [2.45, 2.75) is 223 Å². The van der Waals surface area contributed by atoms with Crippen molar-refractivity contribution < 1.29 is 115 Å². The highest BCUT2D eigenvalue weighted by Gasteiger charge is 2.43. The first-order valence-corrected chi connectivity index (χ1v) is 34.7. The molecule has 0 aromatic carbocycles. The van der Waals surface area contributed by atoms with Crippen molar-refractivity contribution in [1.82, 2.24) is 42.5 Å². The monoisotopic (exact) mass is 1460 g/mol. The van der Waals surface area contributed by atoms with Crippen LogP contribution in [-0.4, -0.2) is 263 Å². The van der Waals surface area contributed by atoms with Gasteiger partial charge in [-0.1, -0.05) is 90.0 Å². The maximum atomic E-state index is 14.2. The molecular weight excluding hydrogens is 1340 g/mol. The Hall–Kier alpha value is -5.75. The van der Waals surface area contributed by atoms with Gasteiger partial charge in [-0.3, -0.25) is 38.4 Å². The van der Waals surface area contributed by atoms with Gasteiger partial charge in [-0.15, -0.1) is 0 Å². The minimum atomic E-state index is -1.62. The lowest BCUT2D eigenvalue weighted by Gasteiger charge is -2.42. The fraction of sp³-hybridized carbons (Fsp3) is 0.843. The van der Waals surface area contributed by atoms with Crippen LogP contribution in [0.3, 0.4) is 0 Å². The molecule has 0 aromatic rings. The van der Waals surface area contributed by atoms with E-state index in [4.69, 9.17) is 47.4 Å². The summed E-state index contributed by atoms with van der Waals surface area (Å²) < 4.78 is 57.9. The second-order valence-electron chi connectivity index (χ2n) is 30.1. The molecule has 0 aliphatic rings. The third-order valence-electron chi connectivity index (χ3n) is 19.1. The fourth-order valence-electron chi connectivity index (χ4n) is 9.73. The molecule has 10 atom stereocenters. The van der Waals surface area contributed by atoms with E-state index in [1.807, 2.05) is 90.0 Å². The summed E-state index contributed by atoms with van der Waals surface area (Å²) in [7, 11) is 5.54. The van der Waals surface area contributed by atoms with Gasteiger partial charge in [0.15, 0.2) is 37.7 Å². The number of amides is 8. The van der Waals surface area contributed by atoms with Gasteiger partial charge in [0.25, 0.3) is 0 Å². The molecule has 0 bridgehead atoms. The minimum Gasteiger partial charge on any atom is -0.384 e. The van der Waals surface area contributed by atoms with Gasteiger partial charge < -0.3 is 120 Å². The Morgan fingerprint density at radius 1 is 0.402 bits per heavy atom. The summed E-state index contributed by atoms with van der Waals surface area (Å²) in [6, 6.07) is -3.55. The van der Waals surface area contributed by atoms with Gasteiger partial charge in [0.2, 0.25) is 47.3 Å². The highest BCUT2D eigenvalue weighted by Crippen LogP contribution is 2.41. The number of carbonyl (C=O) groups excluding carboxylic acids is 11. The average Bonchev–Trinajstić information content (AvgIpc) is 0.828. The number of methoxy groups -OCH3 is 4. The molecule has 102 heavy (non-hydrogen) atoms. The topological polar surface area (TPSA) is 437 Å². The van der Waals surface area contributed by atoms with Crippen LogP contribution in [0.25, 0.3) is 0 Å². The molecule has 0 saturated carbocycles. The lowest BCUT2D eigenvalue weighted by atomic mass is 9.68. The van der Waals surface area contributed by atoms with Crippen LogP contribution in [0.2, 0.25) is 0 Å². The fourth-order valence-corrected chi connectivity index (χ4v) is 9.73. The largest absolute Gasteiger partial charge is 0.384 e. The van der Waals surface area contributed by atoms with E-state index in [9.17, 15) is 68.1 Å². The van der Waals surface area contributed by atoms with Crippen molar-refractivity contribution in [2.24, 2.45) is 38.4 Å². The first-order chi connectivity index (χ1) is 47.4. The first kappa shape index (κ1) is 96.2. The molecule has 0 heterocycles. The van der Waals surface area contributed by atoms with Crippen LogP contribution in [0, 0.1) is 38.4 Å². The summed E-state index contributed by atoms with van der Waals surface area (Å²) >= 11 is 0. The summed E-state index contributed by atoms with van der Waals surface area (Å²) in [6.07, 6.45) is -6.83. The SMILES string of the molecule is COCC(C)(C)C(C)(C)CNC(=O)CCCC(=O)NC(COCCC(=O)NCCCC(C)COC(OC)C(NC(C)=O)[C@H](O)C=O)(COCCC(=O)NCC(C)(C)C(C)(C)COC(OC)C(NC(C)=O)[C@H](O)C=O)COCCC(=O)NCC(C)(C)C(C)(C)COC(OC)C(NC(C)=O)[C@H](O)C=O. The van der Waals surface area contributed by atoms with E-state index >= 15 is 0 Å². The zero-order valence-electron chi connectivity index (χ0n) is 64.5. The van der Waals surface area contributed by atoms with Crippen molar-refractivity contribution in [3.8, 4) is 0 Å². The maximum Gasteiger partial charge on any atom is 0.222 e. The summed E-state index contributed by atoms with van der Waals surface area (Å²) in [5.74, 6) is -3.53. The van der Waals surface area contributed by atoms with Crippen LogP contribution >= 0.6 is 0 Å². The molecule has 0 rings (SSSR count). The van der Waals surface area contributed by atoms with E-state index in [0.717, 1.165) is 0 Å². The molecule has 0 saturated heterocycles. The van der Waals surface area contributed by atoms with Crippen LogP contribution < -0.4 is 42.5 Å². The smallest absolute Gasteiger partial charge is 0.222 e. The van der Waals surface area contributed by atoms with Crippen molar-refractivity contribution in [2.75, 3.05) is 121 Å². The number of hydrogen-bond donors (Lipinski definition) is 11. The van der Waals surface area contributed by atoms with Crippen molar-refractivity contribution in [3.05, 3.63) is 0 Å². The Kier molecular flexibility index (Phi) is 45.0. The molecular formula is C70H128N8O24. The summed E-state index contributed by atoms with van der Waals surface area (Å²) in [5, 5.41) is 53.0. The van der Waals surface area contributed by atoms with Gasteiger partial charge in [0, 0.05) is 107 Å². The van der Waals surface area contributed by atoms with Crippen LogP contribution in [0.5, 0.6) is 0 Å². The van der Waals surface area contributed by atoms with Gasteiger partial charge in [-0.2, -0.15) is 0 Å². The van der Waals surface area contributed by atoms with Gasteiger partial charge in [0.1, 0.15) is 42.0 Å². The molecule has 0 aliphatic carbocycles. The summed E-state index contributed by atoms with van der Waals surface area (Å²) in [4.78, 5) is 138. The number of rotatable bonds is 59. The third kappa shape index (κ3) is 36.3. The highest BCUT2D eigenvalue weighted by atomic mass is 16.7. The molecule has 0 fully saturated rings. The highest BCUT2D eigenvalue weighted by molar-refractivity contribution is 5.80. The predicted molar refractivity (Wildman–Crippen MR) is 375 cm³/mol. The Balaban J connectivity index is 6.79. The number of nitrogens with one attached hydrogen (secondary N) is 8. The number of carbonyl (C=O) groups is 11. The normalized spacial score (nSPS) is 16.0. The maximum absolute atomic E-state index is 14.2. The number of aliphatic hydroxyl groups excluding tert-OH is 3. The molecule has 7 unspecified atom stereocenters. The Labute approximate surface area is 604 Å². The summed E-state index contributed by atoms with van der Waals surface area (Å²) in [6.45, 7) is 29.0. The van der Waals surface area contributed by atoms with E-state index in [1.165, 1.54) is 42.1 Å². The van der Waals surface area contributed by atoms with Gasteiger partial charge in [-0.25, -0.2) is 0 Å². The Bertz CT molecular complexity index is 2460. The van der Waals surface area contributed by atoms with Crippen LogP contribution in [0.15, 0.2) is 0 Å². The third-order valence-corrected chi connectivity index (χ3v) is 19.1. The number of aldehydes is 3. The summed E-state index contributed by atoms with van der Waals surface area (Å²) in [5.41, 5.74) is -4.86. The molecule has 0 radical (unpaired) electrons. The van der Waals surface area contributed by atoms with E-state index in [2.05, 4.69) is 42.5 Å². The molecule has 11 N–H and O–H groups in total. The molecule has 0 aliphatic heterocycles.